The number of likely N-dealkylation sites (N-methyl/N-ethyl adjacent to an activating group) is 1. The molecule has 0 aliphatic carbocycles. The predicted molar refractivity (Wildman–Crippen MR) is 56.2 cm³/mol. The van der Waals surface area contributed by atoms with Crippen molar-refractivity contribution in [2.45, 2.75) is 13.0 Å². The Bertz CT molecular complexity index is 372. The van der Waals surface area contributed by atoms with E-state index in [0.717, 1.165) is 0 Å². The molecule has 0 radical (unpaired) electrons. The molecule has 15 heavy (non-hydrogen) atoms. The van der Waals surface area contributed by atoms with Gasteiger partial charge in [0.25, 0.3) is 5.91 Å². The van der Waals surface area contributed by atoms with Crippen LogP contribution in [0.4, 0.5) is 5.69 Å². The highest BCUT2D eigenvalue weighted by Crippen LogP contribution is 2.04. The summed E-state index contributed by atoms with van der Waals surface area (Å²) in [6, 6.07) is 0.929. The van der Waals surface area contributed by atoms with Crippen molar-refractivity contribution in [3.8, 4) is 0 Å². The third kappa shape index (κ3) is 2.73. The molecule has 6 heteroatoms. The number of nitrogens with one attached hydrogen (secondary N) is 3. The number of nitrogen functional groups attached to an aromatic ring is 1. The summed E-state index contributed by atoms with van der Waals surface area (Å²) < 4.78 is 0. The summed E-state index contributed by atoms with van der Waals surface area (Å²) in [4.78, 5) is 25.3. The van der Waals surface area contributed by atoms with Crippen LogP contribution in [0.1, 0.15) is 17.4 Å². The second-order valence-corrected chi connectivity index (χ2v) is 3.16. The zero-order valence-corrected chi connectivity index (χ0v) is 8.63. The van der Waals surface area contributed by atoms with E-state index < -0.39 is 6.04 Å². The van der Waals surface area contributed by atoms with E-state index in [1.54, 1.807) is 6.92 Å². The van der Waals surface area contributed by atoms with E-state index in [1.807, 2.05) is 0 Å². The monoisotopic (exact) mass is 210 g/mol. The van der Waals surface area contributed by atoms with E-state index in [4.69, 9.17) is 5.73 Å². The molecule has 1 aromatic heterocycles. The van der Waals surface area contributed by atoms with Crippen LogP contribution in [0.3, 0.4) is 0 Å². The molecular weight excluding hydrogens is 196 g/mol. The largest absolute Gasteiger partial charge is 0.397 e. The molecule has 1 rings (SSSR count). The number of amides is 2. The summed E-state index contributed by atoms with van der Waals surface area (Å²) in [6.45, 7) is 1.60. The van der Waals surface area contributed by atoms with E-state index in [1.165, 1.54) is 19.3 Å². The van der Waals surface area contributed by atoms with E-state index in [9.17, 15) is 9.59 Å². The van der Waals surface area contributed by atoms with Crippen LogP contribution >= 0.6 is 0 Å². The zero-order chi connectivity index (χ0) is 11.4. The lowest BCUT2D eigenvalue weighted by atomic mass is 10.3. The molecule has 0 spiro atoms. The highest BCUT2D eigenvalue weighted by Gasteiger charge is 2.15. The fourth-order valence-electron chi connectivity index (χ4n) is 1.10. The van der Waals surface area contributed by atoms with Gasteiger partial charge in [-0.3, -0.25) is 9.59 Å². The number of H-pyrrole nitrogens is 1. The van der Waals surface area contributed by atoms with E-state index in [-0.39, 0.29) is 11.8 Å². The Hall–Kier alpha value is -1.98. The summed E-state index contributed by atoms with van der Waals surface area (Å²) in [6.07, 6.45) is 1.51. The van der Waals surface area contributed by atoms with Gasteiger partial charge in [0.1, 0.15) is 11.7 Å². The molecular formula is C9H14N4O2. The normalized spacial score (nSPS) is 11.9. The predicted octanol–water partition coefficient (Wildman–Crippen LogP) is -0.539. The highest BCUT2D eigenvalue weighted by atomic mass is 16.2. The van der Waals surface area contributed by atoms with Crippen LogP contribution in [0.15, 0.2) is 12.3 Å². The lowest BCUT2D eigenvalue weighted by Crippen LogP contribution is -2.43. The molecule has 0 aromatic carbocycles. The third-order valence-corrected chi connectivity index (χ3v) is 1.94. The van der Waals surface area contributed by atoms with Gasteiger partial charge < -0.3 is 21.4 Å². The minimum absolute atomic E-state index is 0.247. The molecule has 1 aromatic rings. The van der Waals surface area contributed by atoms with Gasteiger partial charge in [0.05, 0.1) is 0 Å². The molecule has 0 bridgehead atoms. The number of carbonyl (C=O) groups is 2. The average Bonchev–Trinajstić information content (AvgIpc) is 2.63. The fourth-order valence-corrected chi connectivity index (χ4v) is 1.10. The molecule has 6 nitrogen and oxygen atoms in total. The van der Waals surface area contributed by atoms with Gasteiger partial charge in [0.15, 0.2) is 0 Å². The molecule has 0 saturated carbocycles. The first-order valence-corrected chi connectivity index (χ1v) is 4.51. The van der Waals surface area contributed by atoms with Crippen LogP contribution in [0.2, 0.25) is 0 Å². The van der Waals surface area contributed by atoms with Gasteiger partial charge in [-0.05, 0) is 13.0 Å². The standard InChI is InChI=1S/C9H14N4O2/c1-5(8(14)11-2)13-9(15)7-3-6(10)4-12-7/h3-5,12H,10H2,1-2H3,(H,11,14)(H,13,15). The number of anilines is 1. The smallest absolute Gasteiger partial charge is 0.268 e. The fraction of sp³-hybridized carbons (Fsp3) is 0.333. The lowest BCUT2D eigenvalue weighted by Gasteiger charge is -2.10. The highest BCUT2D eigenvalue weighted by molar-refractivity contribution is 5.96. The van der Waals surface area contributed by atoms with Crippen molar-refractivity contribution >= 4 is 17.5 Å². The first-order valence-electron chi connectivity index (χ1n) is 4.51. The number of aromatic amines is 1. The summed E-state index contributed by atoms with van der Waals surface area (Å²) in [5.41, 5.74) is 6.26. The van der Waals surface area contributed by atoms with Crippen molar-refractivity contribution in [2.24, 2.45) is 0 Å². The summed E-state index contributed by atoms with van der Waals surface area (Å²) in [5.74, 6) is -0.606. The maximum Gasteiger partial charge on any atom is 0.268 e. The molecule has 0 aliphatic rings. The van der Waals surface area contributed by atoms with Crippen LogP contribution in [0, 0.1) is 0 Å². The molecule has 5 N–H and O–H groups in total. The molecule has 1 unspecified atom stereocenters. The Balaban J connectivity index is 2.60. The van der Waals surface area contributed by atoms with Crippen molar-refractivity contribution in [3.05, 3.63) is 18.0 Å². The summed E-state index contributed by atoms with van der Waals surface area (Å²) in [7, 11) is 1.51. The van der Waals surface area contributed by atoms with Crippen LogP contribution in [-0.4, -0.2) is 29.9 Å². The third-order valence-electron chi connectivity index (χ3n) is 1.94. The Morgan fingerprint density at radius 3 is 2.67 bits per heavy atom. The van der Waals surface area contributed by atoms with Gasteiger partial charge in [-0.15, -0.1) is 0 Å². The Kier molecular flexibility index (Phi) is 3.33. The molecule has 2 amide bonds. The molecule has 0 fully saturated rings. The number of nitrogens with two attached hydrogens (primary N) is 1. The van der Waals surface area contributed by atoms with Gasteiger partial charge >= 0.3 is 0 Å². The van der Waals surface area contributed by atoms with Crippen LogP contribution in [0.5, 0.6) is 0 Å². The summed E-state index contributed by atoms with van der Waals surface area (Å²) >= 11 is 0. The van der Waals surface area contributed by atoms with Crippen molar-refractivity contribution in [2.75, 3.05) is 12.8 Å². The Labute approximate surface area is 87.2 Å². The van der Waals surface area contributed by atoms with Gasteiger partial charge in [-0.1, -0.05) is 0 Å². The Morgan fingerprint density at radius 1 is 1.53 bits per heavy atom. The summed E-state index contributed by atoms with van der Waals surface area (Å²) in [5, 5.41) is 4.96. The van der Waals surface area contributed by atoms with Crippen molar-refractivity contribution in [1.29, 1.82) is 0 Å². The molecule has 1 atom stereocenters. The van der Waals surface area contributed by atoms with Crippen molar-refractivity contribution < 1.29 is 9.59 Å². The zero-order valence-electron chi connectivity index (χ0n) is 8.63. The van der Waals surface area contributed by atoms with Crippen LogP contribution < -0.4 is 16.4 Å². The minimum atomic E-state index is -0.577. The first kappa shape index (κ1) is 11.1. The van der Waals surface area contributed by atoms with Crippen molar-refractivity contribution in [3.63, 3.8) is 0 Å². The molecule has 0 saturated heterocycles. The second-order valence-electron chi connectivity index (χ2n) is 3.16. The van der Waals surface area contributed by atoms with E-state index in [0.29, 0.717) is 11.4 Å². The Morgan fingerprint density at radius 2 is 2.20 bits per heavy atom. The maximum absolute atomic E-state index is 11.5. The molecule has 82 valence electrons. The molecule has 1 heterocycles. The number of hydrogen-bond donors (Lipinski definition) is 4. The number of rotatable bonds is 3. The van der Waals surface area contributed by atoms with Gasteiger partial charge in [-0.25, -0.2) is 0 Å². The topological polar surface area (TPSA) is 100 Å². The average molecular weight is 210 g/mol. The van der Waals surface area contributed by atoms with Gasteiger partial charge in [-0.2, -0.15) is 0 Å². The SMILES string of the molecule is CNC(=O)C(C)NC(=O)c1cc(N)c[nH]1. The maximum atomic E-state index is 11.5. The molecule has 0 aliphatic heterocycles. The van der Waals surface area contributed by atoms with Crippen molar-refractivity contribution in [1.82, 2.24) is 15.6 Å². The first-order chi connectivity index (χ1) is 7.04. The van der Waals surface area contributed by atoms with Gasteiger partial charge in [0.2, 0.25) is 5.91 Å². The number of aromatic nitrogens is 1. The lowest BCUT2D eigenvalue weighted by molar-refractivity contribution is -0.122. The van der Waals surface area contributed by atoms with E-state index in [2.05, 4.69) is 15.6 Å². The van der Waals surface area contributed by atoms with Crippen LogP contribution in [0.25, 0.3) is 0 Å². The minimum Gasteiger partial charge on any atom is -0.397 e. The number of hydrogen-bond acceptors (Lipinski definition) is 3. The van der Waals surface area contributed by atoms with Gasteiger partial charge in [0, 0.05) is 18.9 Å². The quantitative estimate of drug-likeness (QED) is 0.539. The van der Waals surface area contributed by atoms with E-state index >= 15 is 0 Å². The number of carbonyl (C=O) groups excluding carboxylic acids is 2. The van der Waals surface area contributed by atoms with Crippen LogP contribution in [-0.2, 0) is 4.79 Å². The second kappa shape index (κ2) is 4.50.